The van der Waals surface area contributed by atoms with Crippen LogP contribution in [0.1, 0.15) is 5.56 Å². The van der Waals surface area contributed by atoms with Crippen LogP contribution in [0.25, 0.3) is 11.3 Å². The van der Waals surface area contributed by atoms with Crippen molar-refractivity contribution in [2.75, 3.05) is 5.73 Å². The molecular formula is C11H12ClN3O. The van der Waals surface area contributed by atoms with Crippen molar-refractivity contribution in [2.24, 2.45) is 7.05 Å². The van der Waals surface area contributed by atoms with Crippen LogP contribution in [0.15, 0.2) is 18.2 Å². The van der Waals surface area contributed by atoms with Crippen LogP contribution in [0, 0.1) is 6.92 Å². The van der Waals surface area contributed by atoms with Crippen molar-refractivity contribution in [3.63, 3.8) is 0 Å². The summed E-state index contributed by atoms with van der Waals surface area (Å²) in [5, 5.41) is 14.0. The highest BCUT2D eigenvalue weighted by Crippen LogP contribution is 2.32. The Hall–Kier alpha value is -1.68. The molecule has 0 atom stereocenters. The fraction of sp³-hybridized carbons (Fsp3) is 0.182. The van der Waals surface area contributed by atoms with Gasteiger partial charge >= 0.3 is 0 Å². The molecular weight excluding hydrogens is 226 g/mol. The number of rotatable bonds is 1. The summed E-state index contributed by atoms with van der Waals surface area (Å²) in [5.74, 6) is 0.658. The fourth-order valence-corrected chi connectivity index (χ4v) is 1.72. The van der Waals surface area contributed by atoms with Crippen LogP contribution >= 0.6 is 11.6 Å². The molecule has 0 unspecified atom stereocenters. The Morgan fingerprint density at radius 2 is 2.06 bits per heavy atom. The number of hydrogen-bond donors (Lipinski definition) is 2. The Morgan fingerprint density at radius 1 is 1.38 bits per heavy atom. The van der Waals surface area contributed by atoms with E-state index in [2.05, 4.69) is 5.10 Å². The average Bonchev–Trinajstić information content (AvgIpc) is 2.53. The molecule has 3 N–H and O–H groups in total. The van der Waals surface area contributed by atoms with E-state index in [4.69, 9.17) is 17.3 Å². The smallest absolute Gasteiger partial charge is 0.134 e. The van der Waals surface area contributed by atoms with Gasteiger partial charge in [0.1, 0.15) is 11.6 Å². The molecule has 84 valence electrons. The lowest BCUT2D eigenvalue weighted by atomic mass is 10.1. The number of aromatic nitrogens is 2. The van der Waals surface area contributed by atoms with Crippen molar-refractivity contribution >= 4 is 17.4 Å². The van der Waals surface area contributed by atoms with E-state index in [1.54, 1.807) is 29.9 Å². The van der Waals surface area contributed by atoms with Gasteiger partial charge in [-0.3, -0.25) is 4.68 Å². The predicted octanol–water partition coefficient (Wildman–Crippen LogP) is 2.34. The molecule has 0 fully saturated rings. The number of anilines is 1. The van der Waals surface area contributed by atoms with Crippen LogP contribution in [0.5, 0.6) is 5.75 Å². The second-order valence-electron chi connectivity index (χ2n) is 3.70. The zero-order valence-corrected chi connectivity index (χ0v) is 9.78. The highest BCUT2D eigenvalue weighted by atomic mass is 35.5. The van der Waals surface area contributed by atoms with E-state index < -0.39 is 0 Å². The molecule has 1 aromatic heterocycles. The van der Waals surface area contributed by atoms with Gasteiger partial charge in [-0.15, -0.1) is 0 Å². The Morgan fingerprint density at radius 3 is 2.62 bits per heavy atom. The molecule has 0 spiro atoms. The number of hydrogen-bond acceptors (Lipinski definition) is 3. The Labute approximate surface area is 98.3 Å². The van der Waals surface area contributed by atoms with Crippen LogP contribution in [-0.2, 0) is 7.05 Å². The first-order chi connectivity index (χ1) is 7.49. The molecule has 0 saturated carbocycles. The molecule has 2 rings (SSSR count). The van der Waals surface area contributed by atoms with Crippen LogP contribution in [-0.4, -0.2) is 14.9 Å². The Bertz CT molecular complexity index is 529. The standard InChI is InChI=1S/C11H12ClN3O/c1-6-3-10(16)8(12)4-7(6)9-5-11(13)15(2)14-9/h3-5,16H,13H2,1-2H3. The first kappa shape index (κ1) is 10.8. The summed E-state index contributed by atoms with van der Waals surface area (Å²) in [6, 6.07) is 5.08. The third-order valence-corrected chi connectivity index (χ3v) is 2.79. The van der Waals surface area contributed by atoms with Crippen LogP contribution < -0.4 is 5.73 Å². The molecule has 0 amide bonds. The lowest BCUT2D eigenvalue weighted by Gasteiger charge is -2.04. The number of benzene rings is 1. The Kier molecular flexibility index (Phi) is 2.52. The molecule has 5 heteroatoms. The van der Waals surface area contributed by atoms with Crippen molar-refractivity contribution in [1.29, 1.82) is 0 Å². The van der Waals surface area contributed by atoms with Gasteiger partial charge in [0.05, 0.1) is 10.7 Å². The molecule has 0 bridgehead atoms. The summed E-state index contributed by atoms with van der Waals surface area (Å²) >= 11 is 5.87. The molecule has 4 nitrogen and oxygen atoms in total. The maximum Gasteiger partial charge on any atom is 0.134 e. The van der Waals surface area contributed by atoms with E-state index in [9.17, 15) is 5.11 Å². The number of phenols is 1. The average molecular weight is 238 g/mol. The van der Waals surface area contributed by atoms with Gasteiger partial charge in [0.25, 0.3) is 0 Å². The highest BCUT2D eigenvalue weighted by Gasteiger charge is 2.10. The van der Waals surface area contributed by atoms with Crippen LogP contribution in [0.2, 0.25) is 5.02 Å². The lowest BCUT2D eigenvalue weighted by molar-refractivity contribution is 0.475. The van der Waals surface area contributed by atoms with Gasteiger partial charge in [-0.05, 0) is 24.6 Å². The number of halogens is 1. The molecule has 2 aromatic rings. The summed E-state index contributed by atoms with van der Waals surface area (Å²) in [6.45, 7) is 1.89. The summed E-state index contributed by atoms with van der Waals surface area (Å²) in [5.41, 5.74) is 8.24. The van der Waals surface area contributed by atoms with Gasteiger partial charge < -0.3 is 10.8 Å². The second kappa shape index (κ2) is 3.72. The molecule has 0 saturated heterocycles. The van der Waals surface area contributed by atoms with Crippen molar-refractivity contribution < 1.29 is 5.11 Å². The SMILES string of the molecule is Cc1cc(O)c(Cl)cc1-c1cc(N)n(C)n1. The quantitative estimate of drug-likeness (QED) is 0.800. The zero-order valence-electron chi connectivity index (χ0n) is 9.03. The van der Waals surface area contributed by atoms with Gasteiger partial charge in [-0.2, -0.15) is 5.10 Å². The normalized spacial score (nSPS) is 10.7. The Balaban J connectivity index is 2.60. The molecule has 0 aliphatic heterocycles. The monoisotopic (exact) mass is 237 g/mol. The van der Waals surface area contributed by atoms with Gasteiger partial charge in [0, 0.05) is 18.7 Å². The minimum Gasteiger partial charge on any atom is -0.506 e. The van der Waals surface area contributed by atoms with Crippen molar-refractivity contribution in [3.8, 4) is 17.0 Å². The van der Waals surface area contributed by atoms with Crippen molar-refractivity contribution in [3.05, 3.63) is 28.8 Å². The summed E-state index contributed by atoms with van der Waals surface area (Å²) in [7, 11) is 1.77. The van der Waals surface area contributed by atoms with E-state index in [-0.39, 0.29) is 5.75 Å². The zero-order chi connectivity index (χ0) is 11.9. The minimum atomic E-state index is 0.0758. The lowest BCUT2D eigenvalue weighted by Crippen LogP contribution is -1.96. The third kappa shape index (κ3) is 1.72. The topological polar surface area (TPSA) is 64.1 Å². The molecule has 0 aliphatic carbocycles. The number of phenolic OH excluding ortho intramolecular Hbond substituents is 1. The summed E-state index contributed by atoms with van der Waals surface area (Å²) in [4.78, 5) is 0. The first-order valence-corrected chi connectivity index (χ1v) is 5.16. The van der Waals surface area contributed by atoms with E-state index in [1.807, 2.05) is 6.92 Å². The largest absolute Gasteiger partial charge is 0.506 e. The third-order valence-electron chi connectivity index (χ3n) is 2.49. The van der Waals surface area contributed by atoms with Gasteiger partial charge in [0.15, 0.2) is 0 Å². The second-order valence-corrected chi connectivity index (χ2v) is 4.10. The first-order valence-electron chi connectivity index (χ1n) is 4.78. The predicted molar refractivity (Wildman–Crippen MR) is 64.5 cm³/mol. The highest BCUT2D eigenvalue weighted by molar-refractivity contribution is 6.32. The number of aromatic hydroxyl groups is 1. The van der Waals surface area contributed by atoms with Crippen molar-refractivity contribution in [1.82, 2.24) is 9.78 Å². The summed E-state index contributed by atoms with van der Waals surface area (Å²) in [6.07, 6.45) is 0. The molecule has 0 aliphatic rings. The van der Waals surface area contributed by atoms with E-state index in [0.717, 1.165) is 16.8 Å². The number of aryl methyl sites for hydroxylation is 2. The molecule has 16 heavy (non-hydrogen) atoms. The number of nitrogens with two attached hydrogens (primary N) is 1. The summed E-state index contributed by atoms with van der Waals surface area (Å²) < 4.78 is 1.59. The van der Waals surface area contributed by atoms with Crippen LogP contribution in [0.4, 0.5) is 5.82 Å². The minimum absolute atomic E-state index is 0.0758. The molecule has 1 aromatic carbocycles. The van der Waals surface area contributed by atoms with E-state index in [1.165, 1.54) is 0 Å². The van der Waals surface area contributed by atoms with Gasteiger partial charge in [0.2, 0.25) is 0 Å². The fourth-order valence-electron chi connectivity index (χ4n) is 1.56. The number of nitrogen functional groups attached to an aromatic ring is 1. The maximum atomic E-state index is 9.45. The van der Waals surface area contributed by atoms with Gasteiger partial charge in [-0.25, -0.2) is 0 Å². The molecule has 1 heterocycles. The molecule has 0 radical (unpaired) electrons. The maximum absolute atomic E-state index is 9.45. The van der Waals surface area contributed by atoms with Crippen LogP contribution in [0.3, 0.4) is 0 Å². The van der Waals surface area contributed by atoms with Gasteiger partial charge in [-0.1, -0.05) is 11.6 Å². The van der Waals surface area contributed by atoms with E-state index >= 15 is 0 Å². The number of nitrogens with zero attached hydrogens (tertiary/aromatic N) is 2. The van der Waals surface area contributed by atoms with E-state index in [0.29, 0.717) is 10.8 Å². The van der Waals surface area contributed by atoms with Crippen molar-refractivity contribution in [2.45, 2.75) is 6.92 Å².